The maximum absolute atomic E-state index is 11.4. The third-order valence-corrected chi connectivity index (χ3v) is 2.48. The van der Waals surface area contributed by atoms with Gasteiger partial charge >= 0.3 is 0 Å². The fourth-order valence-electron chi connectivity index (χ4n) is 1.58. The fraction of sp³-hybridized carbons (Fsp3) is 0.429. The van der Waals surface area contributed by atoms with Crippen molar-refractivity contribution in [3.8, 4) is 0 Å². The monoisotopic (exact) mass is 264 g/mol. The van der Waals surface area contributed by atoms with Crippen molar-refractivity contribution < 1.29 is 14.4 Å². The van der Waals surface area contributed by atoms with E-state index >= 15 is 0 Å². The third kappa shape index (κ3) is 7.21. The van der Waals surface area contributed by atoms with Crippen molar-refractivity contribution in [1.29, 1.82) is 0 Å². The summed E-state index contributed by atoms with van der Waals surface area (Å²) in [5.74, 6) is -0.452. The van der Waals surface area contributed by atoms with Gasteiger partial charge in [0.25, 0.3) is 0 Å². The Morgan fingerprint density at radius 2 is 1.89 bits per heavy atom. The summed E-state index contributed by atoms with van der Waals surface area (Å²) in [5, 5.41) is 2.57. The van der Waals surface area contributed by atoms with E-state index < -0.39 is 0 Å². The van der Waals surface area contributed by atoms with E-state index in [4.69, 9.17) is 4.84 Å². The highest BCUT2D eigenvalue weighted by Crippen LogP contribution is 2.04. The Bertz CT molecular complexity index is 393. The van der Waals surface area contributed by atoms with Crippen LogP contribution < -0.4 is 10.8 Å². The number of carbonyl (C=O) groups is 2. The smallest absolute Gasteiger partial charge is 0.248 e. The number of likely N-dealkylation sites (N-methyl/N-ethyl adjacent to an activating group) is 1. The summed E-state index contributed by atoms with van der Waals surface area (Å²) >= 11 is 0. The predicted molar refractivity (Wildman–Crippen MR) is 72.2 cm³/mol. The van der Waals surface area contributed by atoms with Crippen molar-refractivity contribution in [2.24, 2.45) is 0 Å². The molecule has 0 spiro atoms. The first kappa shape index (κ1) is 15.2. The summed E-state index contributed by atoms with van der Waals surface area (Å²) in [7, 11) is 0. The number of carbonyl (C=O) groups excluding carboxylic acids is 2. The lowest BCUT2D eigenvalue weighted by molar-refractivity contribution is -0.139. The molecule has 1 aromatic rings. The van der Waals surface area contributed by atoms with Crippen molar-refractivity contribution in [3.63, 3.8) is 0 Å². The zero-order chi connectivity index (χ0) is 13.9. The van der Waals surface area contributed by atoms with E-state index in [1.54, 1.807) is 0 Å². The normalized spacial score (nSPS) is 9.95. The van der Waals surface area contributed by atoms with E-state index in [-0.39, 0.29) is 18.4 Å². The number of aryl methyl sites for hydroxylation is 1. The molecule has 0 saturated carbocycles. The second-order valence-electron chi connectivity index (χ2n) is 4.11. The molecule has 0 heterocycles. The average molecular weight is 264 g/mol. The maximum Gasteiger partial charge on any atom is 0.248 e. The van der Waals surface area contributed by atoms with Crippen LogP contribution in [0.4, 0.5) is 0 Å². The van der Waals surface area contributed by atoms with Crippen LogP contribution in [0, 0.1) is 0 Å². The second-order valence-corrected chi connectivity index (χ2v) is 4.11. The van der Waals surface area contributed by atoms with E-state index in [2.05, 4.69) is 10.8 Å². The van der Waals surface area contributed by atoms with Crippen LogP contribution in [0.15, 0.2) is 30.3 Å². The molecule has 0 fully saturated rings. The maximum atomic E-state index is 11.4. The molecule has 0 aliphatic rings. The molecule has 5 nitrogen and oxygen atoms in total. The zero-order valence-corrected chi connectivity index (χ0v) is 11.1. The number of amides is 2. The zero-order valence-electron chi connectivity index (χ0n) is 11.1. The quantitative estimate of drug-likeness (QED) is 0.693. The Hall–Kier alpha value is -1.88. The molecule has 0 unspecified atom stereocenters. The summed E-state index contributed by atoms with van der Waals surface area (Å²) in [6, 6.07) is 9.98. The van der Waals surface area contributed by atoms with Crippen LogP contribution in [0.5, 0.6) is 0 Å². The van der Waals surface area contributed by atoms with E-state index in [1.165, 1.54) is 5.56 Å². The molecule has 19 heavy (non-hydrogen) atoms. The van der Waals surface area contributed by atoms with Crippen molar-refractivity contribution in [1.82, 2.24) is 10.8 Å². The van der Waals surface area contributed by atoms with Crippen LogP contribution in [0.2, 0.25) is 0 Å². The SMILES string of the molecule is CCNC(=O)CONC(=O)CCCc1ccccc1. The molecule has 1 rings (SSSR count). The van der Waals surface area contributed by atoms with Gasteiger partial charge in [-0.25, -0.2) is 5.48 Å². The molecule has 0 bridgehead atoms. The minimum Gasteiger partial charge on any atom is -0.354 e. The van der Waals surface area contributed by atoms with Gasteiger partial charge < -0.3 is 5.32 Å². The largest absolute Gasteiger partial charge is 0.354 e. The Balaban J connectivity index is 2.07. The van der Waals surface area contributed by atoms with Gasteiger partial charge in [0.05, 0.1) is 0 Å². The van der Waals surface area contributed by atoms with E-state index in [1.807, 2.05) is 37.3 Å². The molecule has 5 heteroatoms. The van der Waals surface area contributed by atoms with Gasteiger partial charge in [-0.3, -0.25) is 14.4 Å². The summed E-state index contributed by atoms with van der Waals surface area (Å²) in [6.07, 6.45) is 1.98. The lowest BCUT2D eigenvalue weighted by Gasteiger charge is -2.06. The number of benzene rings is 1. The van der Waals surface area contributed by atoms with Crippen LogP contribution in [0.1, 0.15) is 25.3 Å². The van der Waals surface area contributed by atoms with Crippen molar-refractivity contribution in [3.05, 3.63) is 35.9 Å². The van der Waals surface area contributed by atoms with Crippen molar-refractivity contribution in [2.75, 3.05) is 13.2 Å². The lowest BCUT2D eigenvalue weighted by atomic mass is 10.1. The van der Waals surface area contributed by atoms with Gasteiger partial charge in [-0.2, -0.15) is 0 Å². The van der Waals surface area contributed by atoms with Crippen LogP contribution >= 0.6 is 0 Å². The Morgan fingerprint density at radius 3 is 2.58 bits per heavy atom. The van der Waals surface area contributed by atoms with Gasteiger partial charge in [0.1, 0.15) is 0 Å². The number of rotatable bonds is 8. The Labute approximate surface area is 113 Å². The molecule has 0 aliphatic carbocycles. The highest BCUT2D eigenvalue weighted by molar-refractivity contribution is 5.78. The van der Waals surface area contributed by atoms with Crippen LogP contribution in [-0.4, -0.2) is 25.0 Å². The second kappa shape index (κ2) is 9.10. The number of hydrogen-bond donors (Lipinski definition) is 2. The molecule has 104 valence electrons. The molecule has 2 amide bonds. The molecule has 0 atom stereocenters. The predicted octanol–water partition coefficient (Wildman–Crippen LogP) is 1.19. The van der Waals surface area contributed by atoms with Gasteiger partial charge in [-0.1, -0.05) is 30.3 Å². The minimum absolute atomic E-state index is 0.154. The summed E-state index contributed by atoms with van der Waals surface area (Å²) in [4.78, 5) is 27.2. The number of hydroxylamine groups is 1. The van der Waals surface area contributed by atoms with Gasteiger partial charge in [0, 0.05) is 13.0 Å². The summed E-state index contributed by atoms with van der Waals surface area (Å²) in [5.41, 5.74) is 3.47. The number of hydrogen-bond acceptors (Lipinski definition) is 3. The lowest BCUT2D eigenvalue weighted by Crippen LogP contribution is -2.32. The molecule has 2 N–H and O–H groups in total. The minimum atomic E-state index is -0.243. The van der Waals surface area contributed by atoms with Crippen molar-refractivity contribution >= 4 is 11.8 Å². The topological polar surface area (TPSA) is 67.4 Å². The van der Waals surface area contributed by atoms with Gasteiger partial charge in [-0.05, 0) is 25.3 Å². The van der Waals surface area contributed by atoms with E-state index in [0.29, 0.717) is 13.0 Å². The first-order valence-electron chi connectivity index (χ1n) is 6.43. The standard InChI is InChI=1S/C14H20N2O3/c1-2-15-14(18)11-19-16-13(17)10-6-9-12-7-4-3-5-8-12/h3-5,7-8H,2,6,9-11H2,1H3,(H,15,18)(H,16,17). The van der Waals surface area contributed by atoms with Crippen LogP contribution in [0.3, 0.4) is 0 Å². The first-order chi connectivity index (χ1) is 9.22. The molecular formula is C14H20N2O3. The van der Waals surface area contributed by atoms with Gasteiger partial charge in [-0.15, -0.1) is 0 Å². The molecule has 0 radical (unpaired) electrons. The molecule has 0 aliphatic heterocycles. The van der Waals surface area contributed by atoms with E-state index in [9.17, 15) is 9.59 Å². The third-order valence-electron chi connectivity index (χ3n) is 2.48. The fourth-order valence-corrected chi connectivity index (χ4v) is 1.58. The van der Waals surface area contributed by atoms with Crippen LogP contribution in [-0.2, 0) is 20.8 Å². The number of nitrogens with one attached hydrogen (secondary N) is 2. The Morgan fingerprint density at radius 1 is 1.16 bits per heavy atom. The molecular weight excluding hydrogens is 244 g/mol. The van der Waals surface area contributed by atoms with E-state index in [0.717, 1.165) is 12.8 Å². The highest BCUT2D eigenvalue weighted by Gasteiger charge is 2.04. The Kier molecular flexibility index (Phi) is 7.27. The van der Waals surface area contributed by atoms with Gasteiger partial charge in [0.2, 0.25) is 11.8 Å². The van der Waals surface area contributed by atoms with Crippen molar-refractivity contribution in [2.45, 2.75) is 26.2 Å². The summed E-state index contributed by atoms with van der Waals surface area (Å²) < 4.78 is 0. The molecule has 0 saturated heterocycles. The van der Waals surface area contributed by atoms with Gasteiger partial charge in [0.15, 0.2) is 6.61 Å². The van der Waals surface area contributed by atoms with Crippen LogP contribution in [0.25, 0.3) is 0 Å². The molecule has 1 aromatic carbocycles. The summed E-state index contributed by atoms with van der Waals surface area (Å²) in [6.45, 7) is 2.21. The first-order valence-corrected chi connectivity index (χ1v) is 6.43. The molecule has 0 aromatic heterocycles. The highest BCUT2D eigenvalue weighted by atomic mass is 16.7. The average Bonchev–Trinajstić information content (AvgIpc) is 2.40.